The van der Waals surface area contributed by atoms with Gasteiger partial charge < -0.3 is 20.7 Å². The standard InChI is InChI=1S/C24H23N7O2/c1-15(32)29-17-7-9-26-20(12-17)18-5-2-4-16-13-28-24(31-22(16)18)30-19-6-3-8-27-23(19)21-14-25-10-11-33-21/h2-9,12-13,21,25H,10-11,14H2,1H3,(H,26,29,32)(H,28,30,31). The van der Waals surface area contributed by atoms with Crippen LogP contribution in [-0.4, -0.2) is 45.5 Å². The third kappa shape index (κ3) is 4.64. The number of ether oxygens (including phenoxy) is 1. The molecule has 0 bridgehead atoms. The molecule has 1 fully saturated rings. The second kappa shape index (κ2) is 9.27. The van der Waals surface area contributed by atoms with Crippen LogP contribution in [-0.2, 0) is 9.53 Å². The summed E-state index contributed by atoms with van der Waals surface area (Å²) in [6.07, 6.45) is 5.06. The van der Waals surface area contributed by atoms with E-state index in [1.807, 2.05) is 36.4 Å². The molecule has 5 rings (SSSR count). The molecule has 1 atom stereocenters. The van der Waals surface area contributed by atoms with Crippen LogP contribution in [0.3, 0.4) is 0 Å². The smallest absolute Gasteiger partial charge is 0.227 e. The number of morpholine rings is 1. The van der Waals surface area contributed by atoms with Gasteiger partial charge in [0.25, 0.3) is 0 Å². The first-order valence-corrected chi connectivity index (χ1v) is 10.7. The number of benzene rings is 1. The Kier molecular flexibility index (Phi) is 5.88. The number of carbonyl (C=O) groups is 1. The fourth-order valence-corrected chi connectivity index (χ4v) is 3.82. The van der Waals surface area contributed by atoms with Crippen LogP contribution in [0.15, 0.2) is 61.1 Å². The molecule has 33 heavy (non-hydrogen) atoms. The van der Waals surface area contributed by atoms with Gasteiger partial charge in [-0.1, -0.05) is 18.2 Å². The van der Waals surface area contributed by atoms with Crippen molar-refractivity contribution in [2.45, 2.75) is 13.0 Å². The lowest BCUT2D eigenvalue weighted by Crippen LogP contribution is -2.34. The van der Waals surface area contributed by atoms with Crippen molar-refractivity contribution in [3.8, 4) is 11.3 Å². The molecule has 0 spiro atoms. The number of rotatable bonds is 5. The zero-order chi connectivity index (χ0) is 22.6. The average molecular weight is 441 g/mol. The first-order valence-electron chi connectivity index (χ1n) is 10.7. The first kappa shape index (κ1) is 20.9. The number of nitrogens with one attached hydrogen (secondary N) is 3. The highest BCUT2D eigenvalue weighted by molar-refractivity contribution is 5.94. The van der Waals surface area contributed by atoms with E-state index >= 15 is 0 Å². The number of carbonyl (C=O) groups excluding carboxylic acids is 1. The molecule has 166 valence electrons. The summed E-state index contributed by atoms with van der Waals surface area (Å²) in [5, 5.41) is 10.3. The highest BCUT2D eigenvalue weighted by Gasteiger charge is 2.21. The van der Waals surface area contributed by atoms with E-state index in [2.05, 4.69) is 30.9 Å². The van der Waals surface area contributed by atoms with E-state index < -0.39 is 0 Å². The number of nitrogens with zero attached hydrogens (tertiary/aromatic N) is 4. The second-order valence-electron chi connectivity index (χ2n) is 7.67. The number of hydrogen-bond acceptors (Lipinski definition) is 8. The third-order valence-corrected chi connectivity index (χ3v) is 5.28. The predicted molar refractivity (Wildman–Crippen MR) is 126 cm³/mol. The van der Waals surface area contributed by atoms with Gasteiger partial charge in [-0.15, -0.1) is 0 Å². The average Bonchev–Trinajstić information content (AvgIpc) is 2.84. The van der Waals surface area contributed by atoms with Gasteiger partial charge in [0, 0.05) is 55.2 Å². The van der Waals surface area contributed by atoms with Crippen LogP contribution in [0.25, 0.3) is 22.2 Å². The van der Waals surface area contributed by atoms with Gasteiger partial charge in [0.2, 0.25) is 11.9 Å². The van der Waals surface area contributed by atoms with Gasteiger partial charge in [-0.3, -0.25) is 14.8 Å². The molecule has 3 N–H and O–H groups in total. The molecule has 0 radical (unpaired) electrons. The lowest BCUT2D eigenvalue weighted by atomic mass is 10.1. The molecule has 0 saturated carbocycles. The summed E-state index contributed by atoms with van der Waals surface area (Å²) in [7, 11) is 0. The largest absolute Gasteiger partial charge is 0.369 e. The number of hydrogen-bond donors (Lipinski definition) is 3. The van der Waals surface area contributed by atoms with Gasteiger partial charge in [0.1, 0.15) is 6.10 Å². The van der Waals surface area contributed by atoms with Crippen molar-refractivity contribution in [2.24, 2.45) is 0 Å². The number of aromatic nitrogens is 4. The molecule has 1 aromatic carbocycles. The Morgan fingerprint density at radius 3 is 2.91 bits per heavy atom. The normalized spacial score (nSPS) is 15.8. The SMILES string of the molecule is CC(=O)Nc1ccnc(-c2cccc3cnc(Nc4cccnc4C4CNCCO4)nc23)c1. The molecular formula is C24H23N7O2. The summed E-state index contributed by atoms with van der Waals surface area (Å²) in [5.74, 6) is 0.314. The molecule has 9 heteroatoms. The Morgan fingerprint density at radius 2 is 2.06 bits per heavy atom. The molecule has 4 aromatic rings. The molecule has 1 saturated heterocycles. The lowest BCUT2D eigenvalue weighted by Gasteiger charge is -2.24. The second-order valence-corrected chi connectivity index (χ2v) is 7.67. The first-order chi connectivity index (χ1) is 16.2. The van der Waals surface area contributed by atoms with E-state index in [9.17, 15) is 4.79 Å². The highest BCUT2D eigenvalue weighted by Crippen LogP contribution is 2.30. The molecule has 9 nitrogen and oxygen atoms in total. The fourth-order valence-electron chi connectivity index (χ4n) is 3.82. The zero-order valence-corrected chi connectivity index (χ0v) is 18.1. The maximum atomic E-state index is 11.5. The molecule has 1 aliphatic rings. The Bertz CT molecular complexity index is 1300. The molecule has 0 aliphatic carbocycles. The van der Waals surface area contributed by atoms with Crippen molar-refractivity contribution in [3.63, 3.8) is 0 Å². The minimum atomic E-state index is -0.140. The van der Waals surface area contributed by atoms with E-state index in [0.29, 0.717) is 30.5 Å². The van der Waals surface area contributed by atoms with Crippen LogP contribution in [0.5, 0.6) is 0 Å². The van der Waals surface area contributed by atoms with Crippen molar-refractivity contribution in [1.29, 1.82) is 0 Å². The molecule has 4 heterocycles. The van der Waals surface area contributed by atoms with E-state index in [1.165, 1.54) is 6.92 Å². The van der Waals surface area contributed by atoms with Crippen LogP contribution in [0, 0.1) is 0 Å². The van der Waals surface area contributed by atoms with E-state index in [4.69, 9.17) is 9.72 Å². The van der Waals surface area contributed by atoms with Crippen molar-refractivity contribution >= 4 is 34.1 Å². The number of pyridine rings is 2. The zero-order valence-electron chi connectivity index (χ0n) is 18.1. The summed E-state index contributed by atoms with van der Waals surface area (Å²) in [6.45, 7) is 3.65. The molecule has 3 aromatic heterocycles. The summed E-state index contributed by atoms with van der Waals surface area (Å²) in [6, 6.07) is 13.2. The third-order valence-electron chi connectivity index (χ3n) is 5.28. The van der Waals surface area contributed by atoms with E-state index in [1.54, 1.807) is 24.7 Å². The minimum Gasteiger partial charge on any atom is -0.369 e. The highest BCUT2D eigenvalue weighted by atomic mass is 16.5. The van der Waals surface area contributed by atoms with Gasteiger partial charge in [-0.05, 0) is 24.3 Å². The monoisotopic (exact) mass is 441 g/mol. The van der Waals surface area contributed by atoms with E-state index in [0.717, 1.165) is 34.4 Å². The Hall–Kier alpha value is -3.95. The number of amides is 1. The predicted octanol–water partition coefficient (Wildman–Crippen LogP) is 3.45. The van der Waals surface area contributed by atoms with Gasteiger partial charge in [-0.2, -0.15) is 0 Å². The van der Waals surface area contributed by atoms with Gasteiger partial charge in [-0.25, -0.2) is 9.97 Å². The van der Waals surface area contributed by atoms with Crippen LogP contribution < -0.4 is 16.0 Å². The number of fused-ring (bicyclic) bond motifs is 1. The summed E-state index contributed by atoms with van der Waals surface area (Å²) in [4.78, 5) is 29.8. The van der Waals surface area contributed by atoms with Crippen molar-refractivity contribution in [3.05, 3.63) is 66.7 Å². The maximum Gasteiger partial charge on any atom is 0.227 e. The van der Waals surface area contributed by atoms with Crippen LogP contribution in [0.4, 0.5) is 17.3 Å². The summed E-state index contributed by atoms with van der Waals surface area (Å²) in [5.41, 5.74) is 4.60. The summed E-state index contributed by atoms with van der Waals surface area (Å²) < 4.78 is 5.88. The van der Waals surface area contributed by atoms with Crippen LogP contribution in [0.2, 0.25) is 0 Å². The Labute approximate surface area is 190 Å². The maximum absolute atomic E-state index is 11.5. The van der Waals surface area contributed by atoms with Gasteiger partial charge in [0.05, 0.1) is 29.2 Å². The molecule has 1 unspecified atom stereocenters. The molecular weight excluding hydrogens is 418 g/mol. The molecule has 1 amide bonds. The molecule has 1 aliphatic heterocycles. The lowest BCUT2D eigenvalue weighted by molar-refractivity contribution is -0.114. The van der Waals surface area contributed by atoms with Gasteiger partial charge >= 0.3 is 0 Å². The number of anilines is 3. The number of para-hydroxylation sites is 1. The quantitative estimate of drug-likeness (QED) is 0.432. The van der Waals surface area contributed by atoms with Crippen molar-refractivity contribution < 1.29 is 9.53 Å². The Balaban J connectivity index is 1.51. The summed E-state index contributed by atoms with van der Waals surface area (Å²) >= 11 is 0. The van der Waals surface area contributed by atoms with Crippen LogP contribution >= 0.6 is 0 Å². The van der Waals surface area contributed by atoms with E-state index in [-0.39, 0.29) is 12.0 Å². The Morgan fingerprint density at radius 1 is 1.12 bits per heavy atom. The minimum absolute atomic E-state index is 0.136. The van der Waals surface area contributed by atoms with Crippen molar-refractivity contribution in [1.82, 2.24) is 25.3 Å². The fraction of sp³-hybridized carbons (Fsp3) is 0.208. The van der Waals surface area contributed by atoms with Gasteiger partial charge in [0.15, 0.2) is 0 Å². The van der Waals surface area contributed by atoms with Crippen LogP contribution in [0.1, 0.15) is 18.7 Å². The topological polar surface area (TPSA) is 114 Å². The van der Waals surface area contributed by atoms with Crippen molar-refractivity contribution in [2.75, 3.05) is 30.3 Å².